The fourth-order valence-electron chi connectivity index (χ4n) is 2.58. The number of amides is 2. The third kappa shape index (κ3) is 4.39. The lowest BCUT2D eigenvalue weighted by atomic mass is 10.1. The third-order valence-corrected chi connectivity index (χ3v) is 5.18. The largest absolute Gasteiger partial charge is 0.490 e. The number of carbonyl (C=O) groups excluding carboxylic acids is 2. The van der Waals surface area contributed by atoms with E-state index in [9.17, 15) is 14.0 Å². The molecule has 1 atom stereocenters. The van der Waals surface area contributed by atoms with E-state index in [0.29, 0.717) is 16.2 Å². The molecule has 1 heterocycles. The number of carbonyl (C=O) groups is 2. The molecule has 0 aromatic heterocycles. The predicted molar refractivity (Wildman–Crippen MR) is 105 cm³/mol. The lowest BCUT2D eigenvalue weighted by Crippen LogP contribution is -2.27. The van der Waals surface area contributed by atoms with Crippen LogP contribution in [0.15, 0.2) is 53.4 Å². The zero-order valence-electron chi connectivity index (χ0n) is 15.1. The molecule has 0 aliphatic carbocycles. The normalized spacial score (nSPS) is 16.9. The van der Waals surface area contributed by atoms with E-state index in [2.05, 4.69) is 0 Å². The first kappa shape index (κ1) is 19.2. The van der Waals surface area contributed by atoms with E-state index in [0.717, 1.165) is 28.6 Å². The maximum atomic E-state index is 13.9. The van der Waals surface area contributed by atoms with Gasteiger partial charge in [-0.1, -0.05) is 43.3 Å². The first-order valence-electron chi connectivity index (χ1n) is 8.74. The van der Waals surface area contributed by atoms with Crippen LogP contribution in [0.2, 0.25) is 0 Å². The summed E-state index contributed by atoms with van der Waals surface area (Å²) in [5, 5.41) is -0.408. The Bertz CT molecular complexity index is 897. The molecule has 1 saturated heterocycles. The van der Waals surface area contributed by atoms with Crippen molar-refractivity contribution in [2.75, 3.05) is 0 Å². The SMILES string of the molecule is CC[C@H](C)Oc1ccccc1/C=C1/SC(=O)N(Cc2ccccc2F)C1=O. The molecule has 4 nitrogen and oxygen atoms in total. The van der Waals surface area contributed by atoms with Crippen molar-refractivity contribution in [1.82, 2.24) is 4.90 Å². The molecule has 0 N–H and O–H groups in total. The fraction of sp³-hybridized carbons (Fsp3) is 0.238. The summed E-state index contributed by atoms with van der Waals surface area (Å²) >= 11 is 0.856. The molecular weight excluding hydrogens is 365 g/mol. The highest BCUT2D eigenvalue weighted by atomic mass is 32.2. The van der Waals surface area contributed by atoms with Gasteiger partial charge in [0.05, 0.1) is 17.6 Å². The number of benzene rings is 2. The molecule has 140 valence electrons. The van der Waals surface area contributed by atoms with Crippen LogP contribution in [-0.4, -0.2) is 22.2 Å². The van der Waals surface area contributed by atoms with E-state index in [-0.39, 0.29) is 12.6 Å². The number of rotatable bonds is 6. The molecule has 1 fully saturated rings. The second-order valence-electron chi connectivity index (χ2n) is 6.23. The molecule has 2 aromatic rings. The van der Waals surface area contributed by atoms with Gasteiger partial charge in [0.25, 0.3) is 11.1 Å². The third-order valence-electron chi connectivity index (χ3n) is 4.27. The van der Waals surface area contributed by atoms with Crippen LogP contribution < -0.4 is 4.74 Å². The maximum absolute atomic E-state index is 13.9. The topological polar surface area (TPSA) is 46.6 Å². The van der Waals surface area contributed by atoms with Crippen molar-refractivity contribution in [3.63, 3.8) is 0 Å². The van der Waals surface area contributed by atoms with Gasteiger partial charge in [0, 0.05) is 11.1 Å². The molecule has 0 spiro atoms. The lowest BCUT2D eigenvalue weighted by Gasteiger charge is -2.15. The predicted octanol–water partition coefficient (Wildman–Crippen LogP) is 5.24. The number of imide groups is 1. The molecule has 0 saturated carbocycles. The summed E-state index contributed by atoms with van der Waals surface area (Å²) in [7, 11) is 0. The van der Waals surface area contributed by atoms with Crippen LogP contribution in [-0.2, 0) is 11.3 Å². The number of nitrogens with zero attached hydrogens (tertiary/aromatic N) is 1. The first-order chi connectivity index (χ1) is 13.0. The van der Waals surface area contributed by atoms with Crippen molar-refractivity contribution >= 4 is 29.0 Å². The van der Waals surface area contributed by atoms with E-state index >= 15 is 0 Å². The summed E-state index contributed by atoms with van der Waals surface area (Å²) in [6, 6.07) is 13.5. The van der Waals surface area contributed by atoms with E-state index in [1.807, 2.05) is 38.1 Å². The van der Waals surface area contributed by atoms with Crippen LogP contribution in [0.4, 0.5) is 9.18 Å². The van der Waals surface area contributed by atoms with E-state index in [4.69, 9.17) is 4.74 Å². The number of para-hydroxylation sites is 1. The molecule has 0 bridgehead atoms. The zero-order chi connectivity index (χ0) is 19.4. The van der Waals surface area contributed by atoms with Crippen LogP contribution in [0.5, 0.6) is 5.75 Å². The number of thioether (sulfide) groups is 1. The fourth-order valence-corrected chi connectivity index (χ4v) is 3.41. The summed E-state index contributed by atoms with van der Waals surface area (Å²) in [5.41, 5.74) is 1.04. The Kier molecular flexibility index (Phi) is 5.96. The van der Waals surface area contributed by atoms with Gasteiger partial charge in [-0.3, -0.25) is 14.5 Å². The molecule has 3 rings (SSSR count). The van der Waals surface area contributed by atoms with Crippen molar-refractivity contribution < 1.29 is 18.7 Å². The highest BCUT2D eigenvalue weighted by molar-refractivity contribution is 8.18. The van der Waals surface area contributed by atoms with Crippen molar-refractivity contribution in [3.05, 3.63) is 70.4 Å². The number of halogens is 1. The van der Waals surface area contributed by atoms with Crippen molar-refractivity contribution in [2.24, 2.45) is 0 Å². The highest BCUT2D eigenvalue weighted by Crippen LogP contribution is 2.35. The van der Waals surface area contributed by atoms with Gasteiger partial charge in [0.1, 0.15) is 11.6 Å². The van der Waals surface area contributed by atoms with Gasteiger partial charge >= 0.3 is 0 Å². The summed E-state index contributed by atoms with van der Waals surface area (Å²) in [4.78, 5) is 26.3. The molecule has 0 unspecified atom stereocenters. The Hall–Kier alpha value is -2.60. The monoisotopic (exact) mass is 385 g/mol. The Morgan fingerprint density at radius 3 is 2.59 bits per heavy atom. The van der Waals surface area contributed by atoms with Crippen molar-refractivity contribution in [2.45, 2.75) is 32.9 Å². The molecule has 1 aliphatic rings. The Labute approximate surface area is 162 Å². The molecule has 2 amide bonds. The lowest BCUT2D eigenvalue weighted by molar-refractivity contribution is -0.123. The number of hydrogen-bond acceptors (Lipinski definition) is 4. The minimum Gasteiger partial charge on any atom is -0.490 e. The van der Waals surface area contributed by atoms with Crippen LogP contribution in [0.1, 0.15) is 31.4 Å². The summed E-state index contributed by atoms with van der Waals surface area (Å²) < 4.78 is 19.8. The standard InChI is InChI=1S/C21H20FNO3S/c1-3-14(2)26-18-11-7-5-8-15(18)12-19-20(24)23(21(25)27-19)13-16-9-4-6-10-17(16)22/h4-12,14H,3,13H2,1-2H3/b19-12+/t14-/m0/s1. The van der Waals surface area contributed by atoms with Crippen LogP contribution in [0.25, 0.3) is 6.08 Å². The number of ether oxygens (including phenoxy) is 1. The van der Waals surface area contributed by atoms with Crippen molar-refractivity contribution in [3.8, 4) is 5.75 Å². The molecule has 27 heavy (non-hydrogen) atoms. The first-order valence-corrected chi connectivity index (χ1v) is 9.55. The number of hydrogen-bond donors (Lipinski definition) is 0. The molecular formula is C21H20FNO3S. The Balaban J connectivity index is 1.84. The molecule has 1 aliphatic heterocycles. The summed E-state index contributed by atoms with van der Waals surface area (Å²) in [5.74, 6) is -0.202. The van der Waals surface area contributed by atoms with E-state index < -0.39 is 17.0 Å². The molecule has 6 heteroatoms. The average Bonchev–Trinajstić information content (AvgIpc) is 2.92. The summed E-state index contributed by atoms with van der Waals surface area (Å²) in [6.07, 6.45) is 2.55. The minimum absolute atomic E-state index is 0.0377. The second-order valence-corrected chi connectivity index (χ2v) is 7.23. The maximum Gasteiger partial charge on any atom is 0.293 e. The molecule has 0 radical (unpaired) electrons. The Morgan fingerprint density at radius 1 is 1.15 bits per heavy atom. The smallest absolute Gasteiger partial charge is 0.293 e. The second kappa shape index (κ2) is 8.39. The molecule has 2 aromatic carbocycles. The van der Waals surface area contributed by atoms with Gasteiger partial charge in [-0.25, -0.2) is 4.39 Å². The van der Waals surface area contributed by atoms with Crippen molar-refractivity contribution in [1.29, 1.82) is 0 Å². The van der Waals surface area contributed by atoms with Gasteiger partial charge in [-0.2, -0.15) is 0 Å². The average molecular weight is 385 g/mol. The zero-order valence-corrected chi connectivity index (χ0v) is 16.0. The van der Waals surface area contributed by atoms with Gasteiger partial charge in [0.15, 0.2) is 0 Å². The van der Waals surface area contributed by atoms with Crippen LogP contribution >= 0.6 is 11.8 Å². The van der Waals surface area contributed by atoms with Gasteiger partial charge in [-0.05, 0) is 43.3 Å². The van der Waals surface area contributed by atoms with E-state index in [1.165, 1.54) is 6.07 Å². The van der Waals surface area contributed by atoms with Gasteiger partial charge < -0.3 is 4.74 Å². The minimum atomic E-state index is -0.437. The van der Waals surface area contributed by atoms with Crippen LogP contribution in [0, 0.1) is 5.82 Å². The van der Waals surface area contributed by atoms with Gasteiger partial charge in [-0.15, -0.1) is 0 Å². The summed E-state index contributed by atoms with van der Waals surface area (Å²) in [6.45, 7) is 3.92. The Morgan fingerprint density at radius 2 is 1.85 bits per heavy atom. The van der Waals surface area contributed by atoms with Gasteiger partial charge in [0.2, 0.25) is 0 Å². The highest BCUT2D eigenvalue weighted by Gasteiger charge is 2.35. The van der Waals surface area contributed by atoms with E-state index in [1.54, 1.807) is 24.3 Å². The quantitative estimate of drug-likeness (QED) is 0.638. The van der Waals surface area contributed by atoms with Crippen LogP contribution in [0.3, 0.4) is 0 Å².